The van der Waals surface area contributed by atoms with Gasteiger partial charge in [-0.3, -0.25) is 9.88 Å². The zero-order valence-electron chi connectivity index (χ0n) is 27.8. The molecule has 0 amide bonds. The molecule has 3 aromatic heterocycles. The number of hydrogen-bond acceptors (Lipinski definition) is 5. The molecule has 0 fully saturated rings. The Morgan fingerprint density at radius 2 is 1.16 bits per heavy atom. The van der Waals surface area contributed by atoms with Crippen LogP contribution in [0, 0.1) is 13.8 Å². The third kappa shape index (κ3) is 6.09. The van der Waals surface area contributed by atoms with E-state index in [0.29, 0.717) is 11.3 Å². The van der Waals surface area contributed by atoms with Crippen LogP contribution in [-0.4, -0.2) is 20.1 Å². The van der Waals surface area contributed by atoms with Gasteiger partial charge in [0.2, 0.25) is 0 Å². The minimum Gasteiger partial charge on any atom is -0.507 e. The molecule has 5 aromatic carbocycles. The Kier molecular flexibility index (Phi) is 8.07. The first-order valence-electron chi connectivity index (χ1n) is 16.7. The summed E-state index contributed by atoms with van der Waals surface area (Å²) in [6, 6.07) is 53.6. The first-order chi connectivity index (χ1) is 24.5. The van der Waals surface area contributed by atoms with E-state index in [-0.39, 0.29) is 5.75 Å². The Balaban J connectivity index is 1.41. The summed E-state index contributed by atoms with van der Waals surface area (Å²) in [5.41, 5.74) is 11.1. The van der Waals surface area contributed by atoms with Crippen molar-refractivity contribution in [2.75, 3.05) is 4.90 Å². The standard InChI is InChI=1S/C45H34N4O/c1-30-23-34(24-31(2)47-30)36-28-41(48-42(29-36)40-18-8-9-20-44(40)50)37-25-35(32-13-4-3-5-14-32)26-38(27-37)49(45-21-10-11-22-46-45)43-19-12-16-33-15-6-7-17-39(33)43/h3-29,50H,1-2H3. The maximum absolute atomic E-state index is 11.0. The Morgan fingerprint density at radius 3 is 1.96 bits per heavy atom. The van der Waals surface area contributed by atoms with E-state index >= 15 is 0 Å². The number of aromatic nitrogens is 3. The molecule has 8 aromatic rings. The van der Waals surface area contributed by atoms with Gasteiger partial charge in [0.25, 0.3) is 0 Å². The van der Waals surface area contributed by atoms with Crippen LogP contribution in [0.1, 0.15) is 11.4 Å². The van der Waals surface area contributed by atoms with Crippen LogP contribution in [0.3, 0.4) is 0 Å². The number of nitrogens with zero attached hydrogens (tertiary/aromatic N) is 4. The molecule has 0 aliphatic carbocycles. The summed E-state index contributed by atoms with van der Waals surface area (Å²) < 4.78 is 0. The number of hydrogen-bond donors (Lipinski definition) is 1. The number of aryl methyl sites for hydroxylation is 2. The fraction of sp³-hybridized carbons (Fsp3) is 0.0444. The van der Waals surface area contributed by atoms with Gasteiger partial charge in [-0.2, -0.15) is 0 Å². The minimum absolute atomic E-state index is 0.182. The molecule has 0 aliphatic heterocycles. The Labute approximate surface area is 291 Å². The smallest absolute Gasteiger partial charge is 0.137 e. The van der Waals surface area contributed by atoms with Crippen LogP contribution in [-0.2, 0) is 0 Å². The van der Waals surface area contributed by atoms with Crippen molar-refractivity contribution >= 4 is 28.0 Å². The predicted molar refractivity (Wildman–Crippen MR) is 205 cm³/mol. The van der Waals surface area contributed by atoms with E-state index in [2.05, 4.69) is 113 Å². The molecule has 0 saturated heterocycles. The number of para-hydroxylation sites is 1. The van der Waals surface area contributed by atoms with Crippen LogP contribution < -0.4 is 4.90 Å². The van der Waals surface area contributed by atoms with Crippen molar-refractivity contribution < 1.29 is 5.11 Å². The maximum atomic E-state index is 11.0. The van der Waals surface area contributed by atoms with Crippen LogP contribution in [0.4, 0.5) is 17.2 Å². The van der Waals surface area contributed by atoms with E-state index < -0.39 is 0 Å². The fourth-order valence-corrected chi connectivity index (χ4v) is 6.64. The number of aromatic hydroxyl groups is 1. The van der Waals surface area contributed by atoms with Gasteiger partial charge in [0.1, 0.15) is 11.6 Å². The molecule has 50 heavy (non-hydrogen) atoms. The fourth-order valence-electron chi connectivity index (χ4n) is 6.64. The topological polar surface area (TPSA) is 62.1 Å². The Hall–Kier alpha value is -6.59. The summed E-state index contributed by atoms with van der Waals surface area (Å²) in [6.07, 6.45) is 1.83. The van der Waals surface area contributed by atoms with Crippen molar-refractivity contribution in [2.24, 2.45) is 0 Å². The molecule has 1 N–H and O–H groups in total. The summed E-state index contributed by atoms with van der Waals surface area (Å²) in [7, 11) is 0. The van der Waals surface area contributed by atoms with E-state index in [9.17, 15) is 5.11 Å². The van der Waals surface area contributed by atoms with Crippen LogP contribution >= 0.6 is 0 Å². The zero-order chi connectivity index (χ0) is 34.0. The molecular weight excluding hydrogens is 613 g/mol. The highest BCUT2D eigenvalue weighted by atomic mass is 16.3. The largest absolute Gasteiger partial charge is 0.507 e. The molecule has 0 bridgehead atoms. The minimum atomic E-state index is 0.182. The van der Waals surface area contributed by atoms with E-state index in [1.165, 1.54) is 0 Å². The molecule has 0 saturated carbocycles. The van der Waals surface area contributed by atoms with Crippen molar-refractivity contribution in [3.63, 3.8) is 0 Å². The zero-order valence-corrected chi connectivity index (χ0v) is 27.8. The lowest BCUT2D eigenvalue weighted by atomic mass is 9.96. The van der Waals surface area contributed by atoms with Crippen LogP contribution in [0.25, 0.3) is 55.5 Å². The van der Waals surface area contributed by atoms with Gasteiger partial charge in [0.05, 0.1) is 17.1 Å². The van der Waals surface area contributed by atoms with Gasteiger partial charge in [0, 0.05) is 39.8 Å². The highest BCUT2D eigenvalue weighted by Gasteiger charge is 2.20. The van der Waals surface area contributed by atoms with Gasteiger partial charge in [-0.1, -0.05) is 84.9 Å². The second kappa shape index (κ2) is 13.1. The second-order valence-electron chi connectivity index (χ2n) is 12.4. The third-order valence-electron chi connectivity index (χ3n) is 8.88. The molecule has 3 heterocycles. The van der Waals surface area contributed by atoms with Crippen molar-refractivity contribution in [3.8, 4) is 50.5 Å². The molecule has 0 spiro atoms. The van der Waals surface area contributed by atoms with Gasteiger partial charge in [-0.15, -0.1) is 0 Å². The molecular formula is C45H34N4O. The summed E-state index contributed by atoms with van der Waals surface area (Å²) in [5, 5.41) is 13.2. The lowest BCUT2D eigenvalue weighted by Gasteiger charge is -2.27. The van der Waals surface area contributed by atoms with Crippen molar-refractivity contribution in [1.82, 2.24) is 15.0 Å². The van der Waals surface area contributed by atoms with Crippen LogP contribution in [0.15, 0.2) is 164 Å². The third-order valence-corrected chi connectivity index (χ3v) is 8.88. The number of phenolic OH excluding ortho intramolecular Hbond substituents is 1. The van der Waals surface area contributed by atoms with E-state index in [4.69, 9.17) is 9.97 Å². The number of rotatable bonds is 7. The molecule has 0 unspecified atom stereocenters. The first kappa shape index (κ1) is 30.7. The molecule has 0 radical (unpaired) electrons. The summed E-state index contributed by atoms with van der Waals surface area (Å²) in [4.78, 5) is 16.9. The number of pyridine rings is 3. The van der Waals surface area contributed by atoms with Crippen molar-refractivity contribution in [2.45, 2.75) is 13.8 Å². The summed E-state index contributed by atoms with van der Waals surface area (Å²) >= 11 is 0. The number of fused-ring (bicyclic) bond motifs is 1. The quantitative estimate of drug-likeness (QED) is 0.187. The number of anilines is 3. The molecule has 0 atom stereocenters. The molecule has 5 nitrogen and oxygen atoms in total. The maximum Gasteiger partial charge on any atom is 0.137 e. The van der Waals surface area contributed by atoms with Gasteiger partial charge < -0.3 is 5.11 Å². The number of phenols is 1. The molecule has 8 rings (SSSR count). The SMILES string of the molecule is Cc1cc(-c2cc(-c3cc(-c4ccccc4)cc(N(c4ccccn4)c4cccc5ccccc45)c3)nc(-c3ccccc3O)c2)cc(C)n1. The highest BCUT2D eigenvalue weighted by Crippen LogP contribution is 2.42. The van der Waals surface area contributed by atoms with Crippen LogP contribution in [0.5, 0.6) is 5.75 Å². The van der Waals surface area contributed by atoms with Gasteiger partial charge >= 0.3 is 0 Å². The first-order valence-corrected chi connectivity index (χ1v) is 16.7. The van der Waals surface area contributed by atoms with E-state index in [0.717, 1.165) is 72.9 Å². The average Bonchev–Trinajstić information content (AvgIpc) is 3.15. The molecule has 5 heteroatoms. The number of benzene rings is 5. The molecule has 240 valence electrons. The lowest BCUT2D eigenvalue weighted by molar-refractivity contribution is 0.477. The monoisotopic (exact) mass is 646 g/mol. The van der Waals surface area contributed by atoms with Crippen molar-refractivity contribution in [1.29, 1.82) is 0 Å². The van der Waals surface area contributed by atoms with Crippen LogP contribution in [0.2, 0.25) is 0 Å². The van der Waals surface area contributed by atoms with Gasteiger partial charge in [-0.05, 0) is 114 Å². The highest BCUT2D eigenvalue weighted by molar-refractivity contribution is 5.99. The Bertz CT molecular complexity index is 2450. The normalized spacial score (nSPS) is 11.1. The molecule has 0 aliphatic rings. The second-order valence-corrected chi connectivity index (χ2v) is 12.4. The van der Waals surface area contributed by atoms with Crippen molar-refractivity contribution in [3.05, 3.63) is 175 Å². The summed E-state index contributed by atoms with van der Waals surface area (Å²) in [6.45, 7) is 4.02. The average molecular weight is 647 g/mol. The Morgan fingerprint density at radius 1 is 0.500 bits per heavy atom. The summed E-state index contributed by atoms with van der Waals surface area (Å²) in [5.74, 6) is 0.987. The van der Waals surface area contributed by atoms with Gasteiger partial charge in [-0.25, -0.2) is 9.97 Å². The predicted octanol–water partition coefficient (Wildman–Crippen LogP) is 11.5. The lowest BCUT2D eigenvalue weighted by Crippen LogP contribution is -2.12. The van der Waals surface area contributed by atoms with E-state index in [1.807, 2.05) is 68.6 Å². The van der Waals surface area contributed by atoms with E-state index in [1.54, 1.807) is 6.07 Å². The van der Waals surface area contributed by atoms with Gasteiger partial charge in [0.15, 0.2) is 0 Å².